The minimum Gasteiger partial charge on any atom is -0.370 e. The van der Waals surface area contributed by atoms with E-state index in [0.717, 1.165) is 12.8 Å². The van der Waals surface area contributed by atoms with E-state index in [4.69, 9.17) is 5.73 Å². The van der Waals surface area contributed by atoms with Gasteiger partial charge in [-0.25, -0.2) is 13.4 Å². The third kappa shape index (κ3) is 4.98. The van der Waals surface area contributed by atoms with Crippen LogP contribution in [0.25, 0.3) is 0 Å². The molecule has 1 aliphatic rings. The van der Waals surface area contributed by atoms with Gasteiger partial charge in [0.05, 0.1) is 17.1 Å². The second kappa shape index (κ2) is 7.58. The summed E-state index contributed by atoms with van der Waals surface area (Å²) >= 11 is 0. The topological polar surface area (TPSA) is 97.4 Å². The van der Waals surface area contributed by atoms with Gasteiger partial charge >= 0.3 is 0 Å². The van der Waals surface area contributed by atoms with Crippen LogP contribution < -0.4 is 11.1 Å². The van der Waals surface area contributed by atoms with Gasteiger partial charge in [0.2, 0.25) is 0 Å². The Hall–Kier alpha value is -1.63. The van der Waals surface area contributed by atoms with Gasteiger partial charge in [0.15, 0.2) is 15.8 Å². The summed E-state index contributed by atoms with van der Waals surface area (Å²) in [6.45, 7) is 0.162. The van der Waals surface area contributed by atoms with E-state index in [0.29, 0.717) is 17.7 Å². The van der Waals surface area contributed by atoms with E-state index in [9.17, 15) is 8.42 Å². The van der Waals surface area contributed by atoms with Crippen LogP contribution in [0.4, 0.5) is 0 Å². The second-order valence-corrected chi connectivity index (χ2v) is 7.74. The number of pyridine rings is 1. The molecule has 0 aromatic carbocycles. The SMILES string of the molecule is CS(=O)(=O)c1cccnc1CN=C(N)NC1CCCCCC1. The summed E-state index contributed by atoms with van der Waals surface area (Å²) in [4.78, 5) is 8.57. The number of aliphatic imine (C=N–C) groups is 1. The van der Waals surface area contributed by atoms with Crippen LogP contribution >= 0.6 is 0 Å². The molecule has 122 valence electrons. The average Bonchev–Trinajstić information content (AvgIpc) is 2.73. The summed E-state index contributed by atoms with van der Waals surface area (Å²) in [5.74, 6) is 0.358. The Bertz CT molecular complexity index is 620. The Morgan fingerprint density at radius 2 is 2.05 bits per heavy atom. The van der Waals surface area contributed by atoms with Crippen molar-refractivity contribution in [3.05, 3.63) is 24.0 Å². The summed E-state index contributed by atoms with van der Waals surface area (Å²) in [6, 6.07) is 3.52. The molecule has 6 nitrogen and oxygen atoms in total. The van der Waals surface area contributed by atoms with Crippen LogP contribution in [-0.2, 0) is 16.4 Å². The van der Waals surface area contributed by atoms with E-state index in [-0.39, 0.29) is 11.4 Å². The number of hydrogen-bond acceptors (Lipinski definition) is 4. The predicted molar refractivity (Wildman–Crippen MR) is 87.3 cm³/mol. The second-order valence-electron chi connectivity index (χ2n) is 5.75. The maximum atomic E-state index is 11.7. The highest BCUT2D eigenvalue weighted by molar-refractivity contribution is 7.90. The van der Waals surface area contributed by atoms with Crippen molar-refractivity contribution in [1.29, 1.82) is 0 Å². The van der Waals surface area contributed by atoms with E-state index in [1.165, 1.54) is 31.9 Å². The first-order valence-corrected chi connectivity index (χ1v) is 9.56. The van der Waals surface area contributed by atoms with Crippen molar-refractivity contribution in [1.82, 2.24) is 10.3 Å². The molecule has 0 bridgehead atoms. The van der Waals surface area contributed by atoms with Crippen molar-refractivity contribution in [2.45, 2.75) is 56.0 Å². The fourth-order valence-corrected chi connectivity index (χ4v) is 3.59. The first kappa shape index (κ1) is 16.7. The molecule has 1 heterocycles. The van der Waals surface area contributed by atoms with Gasteiger partial charge in [0, 0.05) is 18.5 Å². The molecular weight excluding hydrogens is 300 g/mol. The molecule has 22 heavy (non-hydrogen) atoms. The molecule has 0 atom stereocenters. The number of nitrogens with one attached hydrogen (secondary N) is 1. The zero-order chi connectivity index (χ0) is 16.0. The standard InChI is InChI=1S/C15H24N4O2S/c1-22(20,21)14-9-6-10-17-13(14)11-18-15(16)19-12-7-4-2-3-5-8-12/h6,9-10,12H,2-5,7-8,11H2,1H3,(H3,16,18,19). The molecule has 1 fully saturated rings. The lowest BCUT2D eigenvalue weighted by molar-refractivity contribution is 0.530. The van der Waals surface area contributed by atoms with Crippen LogP contribution in [0.1, 0.15) is 44.2 Å². The van der Waals surface area contributed by atoms with Crippen molar-refractivity contribution in [3.8, 4) is 0 Å². The number of hydrogen-bond donors (Lipinski definition) is 2. The van der Waals surface area contributed by atoms with Gasteiger partial charge < -0.3 is 11.1 Å². The summed E-state index contributed by atoms with van der Waals surface area (Å²) < 4.78 is 23.4. The lowest BCUT2D eigenvalue weighted by Crippen LogP contribution is -2.39. The molecule has 0 radical (unpaired) electrons. The van der Waals surface area contributed by atoms with E-state index < -0.39 is 9.84 Å². The van der Waals surface area contributed by atoms with Crippen molar-refractivity contribution >= 4 is 15.8 Å². The zero-order valence-electron chi connectivity index (χ0n) is 13.0. The average molecular weight is 324 g/mol. The fourth-order valence-electron chi connectivity index (χ4n) is 2.72. The lowest BCUT2D eigenvalue weighted by Gasteiger charge is -2.16. The first-order chi connectivity index (χ1) is 10.5. The van der Waals surface area contributed by atoms with Crippen LogP contribution in [0.15, 0.2) is 28.2 Å². The smallest absolute Gasteiger partial charge is 0.189 e. The third-order valence-electron chi connectivity index (χ3n) is 3.85. The first-order valence-electron chi connectivity index (χ1n) is 7.67. The van der Waals surface area contributed by atoms with Gasteiger partial charge in [-0.15, -0.1) is 0 Å². The number of aromatic nitrogens is 1. The number of rotatable bonds is 4. The van der Waals surface area contributed by atoms with Gasteiger partial charge in [0.1, 0.15) is 0 Å². The Morgan fingerprint density at radius 1 is 1.36 bits per heavy atom. The van der Waals surface area contributed by atoms with Crippen LogP contribution in [0.3, 0.4) is 0 Å². The molecule has 1 aliphatic carbocycles. The molecule has 1 aromatic rings. The largest absolute Gasteiger partial charge is 0.370 e. The maximum absolute atomic E-state index is 11.7. The predicted octanol–water partition coefficient (Wildman–Crippen LogP) is 1.61. The molecule has 0 unspecified atom stereocenters. The number of guanidine groups is 1. The highest BCUT2D eigenvalue weighted by Gasteiger charge is 2.15. The Morgan fingerprint density at radius 3 is 2.68 bits per heavy atom. The van der Waals surface area contributed by atoms with Crippen LogP contribution in [0.2, 0.25) is 0 Å². The summed E-state index contributed by atoms with van der Waals surface area (Å²) in [5.41, 5.74) is 6.35. The Kier molecular flexibility index (Phi) is 5.76. The van der Waals surface area contributed by atoms with Gasteiger partial charge in [-0.3, -0.25) is 4.98 Å². The fraction of sp³-hybridized carbons (Fsp3) is 0.600. The highest BCUT2D eigenvalue weighted by atomic mass is 32.2. The molecule has 0 amide bonds. The van der Waals surface area contributed by atoms with E-state index in [2.05, 4.69) is 15.3 Å². The van der Waals surface area contributed by atoms with Crippen molar-refractivity contribution in [2.75, 3.05) is 6.26 Å². The molecule has 1 saturated carbocycles. The van der Waals surface area contributed by atoms with Crippen molar-refractivity contribution < 1.29 is 8.42 Å². The lowest BCUT2D eigenvalue weighted by atomic mass is 10.1. The maximum Gasteiger partial charge on any atom is 0.189 e. The van der Waals surface area contributed by atoms with Gasteiger partial charge in [0.25, 0.3) is 0 Å². The van der Waals surface area contributed by atoms with Gasteiger partial charge in [-0.05, 0) is 25.0 Å². The third-order valence-corrected chi connectivity index (χ3v) is 5.02. The molecule has 3 N–H and O–H groups in total. The normalized spacial score (nSPS) is 18.0. The quantitative estimate of drug-likeness (QED) is 0.498. The highest BCUT2D eigenvalue weighted by Crippen LogP contribution is 2.17. The van der Waals surface area contributed by atoms with E-state index >= 15 is 0 Å². The summed E-state index contributed by atoms with van der Waals surface area (Å²) in [5, 5.41) is 3.24. The zero-order valence-corrected chi connectivity index (χ0v) is 13.8. The number of nitrogens with zero attached hydrogens (tertiary/aromatic N) is 2. The minimum atomic E-state index is -3.31. The van der Waals surface area contributed by atoms with Gasteiger partial charge in [-0.1, -0.05) is 25.7 Å². The van der Waals surface area contributed by atoms with Crippen LogP contribution in [0.5, 0.6) is 0 Å². The molecule has 0 saturated heterocycles. The van der Waals surface area contributed by atoms with Crippen molar-refractivity contribution in [3.63, 3.8) is 0 Å². The van der Waals surface area contributed by atoms with Crippen molar-refractivity contribution in [2.24, 2.45) is 10.7 Å². The summed E-state index contributed by atoms with van der Waals surface area (Å²) in [7, 11) is -3.31. The van der Waals surface area contributed by atoms with E-state index in [1.807, 2.05) is 0 Å². The molecule has 1 aromatic heterocycles. The van der Waals surface area contributed by atoms with Crippen LogP contribution in [0, 0.1) is 0 Å². The minimum absolute atomic E-state index is 0.162. The molecule has 0 aliphatic heterocycles. The molecule has 2 rings (SSSR count). The van der Waals surface area contributed by atoms with Crippen LogP contribution in [-0.4, -0.2) is 31.7 Å². The molecule has 0 spiro atoms. The summed E-state index contributed by atoms with van der Waals surface area (Å²) in [6.07, 6.45) is 9.93. The molecule has 7 heteroatoms. The van der Waals surface area contributed by atoms with E-state index in [1.54, 1.807) is 18.3 Å². The number of sulfone groups is 1. The Balaban J connectivity index is 2.02. The monoisotopic (exact) mass is 324 g/mol. The molecular formula is C15H24N4O2S. The number of nitrogens with two attached hydrogens (primary N) is 1. The Labute approximate surface area is 132 Å². The van der Waals surface area contributed by atoms with Gasteiger partial charge in [-0.2, -0.15) is 0 Å².